The fourth-order valence-electron chi connectivity index (χ4n) is 2.65. The van der Waals surface area contributed by atoms with Gasteiger partial charge in [0.1, 0.15) is 0 Å². The highest BCUT2D eigenvalue weighted by atomic mass is 16.3. The minimum Gasteiger partial charge on any atom is -0.396 e. The van der Waals surface area contributed by atoms with Gasteiger partial charge in [0, 0.05) is 32.9 Å². The van der Waals surface area contributed by atoms with E-state index in [1.807, 2.05) is 0 Å². The molecule has 2 rings (SSSR count). The number of aliphatic hydroxyl groups is 1. The number of benzene rings is 1. The number of aliphatic hydroxyl groups excluding tert-OH is 1. The molecule has 0 amide bonds. The maximum absolute atomic E-state index is 9.16. The third kappa shape index (κ3) is 3.24. The molecule has 1 aliphatic rings. The van der Waals surface area contributed by atoms with Crippen LogP contribution >= 0.6 is 0 Å². The van der Waals surface area contributed by atoms with E-state index >= 15 is 0 Å². The molecule has 18 heavy (non-hydrogen) atoms. The van der Waals surface area contributed by atoms with Crippen LogP contribution in [0.15, 0.2) is 24.3 Å². The van der Waals surface area contributed by atoms with Crippen LogP contribution < -0.4 is 4.90 Å². The third-order valence-electron chi connectivity index (χ3n) is 3.83. The lowest BCUT2D eigenvalue weighted by Gasteiger charge is -2.32. The van der Waals surface area contributed by atoms with Crippen molar-refractivity contribution in [3.05, 3.63) is 29.8 Å². The van der Waals surface area contributed by atoms with Gasteiger partial charge in [-0.15, -0.1) is 0 Å². The Hall–Kier alpha value is -1.06. The van der Waals surface area contributed by atoms with Gasteiger partial charge in [0.15, 0.2) is 0 Å². The van der Waals surface area contributed by atoms with Crippen molar-refractivity contribution >= 4 is 5.69 Å². The molecule has 0 spiro atoms. The number of anilines is 1. The predicted molar refractivity (Wildman–Crippen MR) is 75.9 cm³/mol. The van der Waals surface area contributed by atoms with Crippen LogP contribution in [0.3, 0.4) is 0 Å². The monoisotopic (exact) mass is 248 g/mol. The first kappa shape index (κ1) is 13.4. The lowest BCUT2D eigenvalue weighted by Crippen LogP contribution is -2.34. The van der Waals surface area contributed by atoms with Gasteiger partial charge in [0.05, 0.1) is 0 Å². The van der Waals surface area contributed by atoms with E-state index < -0.39 is 0 Å². The molecule has 0 atom stereocenters. The first-order valence-corrected chi connectivity index (χ1v) is 6.79. The fourth-order valence-corrected chi connectivity index (χ4v) is 2.65. The van der Waals surface area contributed by atoms with Crippen LogP contribution in [0.4, 0.5) is 5.69 Å². The molecule has 0 unspecified atom stereocenters. The van der Waals surface area contributed by atoms with E-state index in [0.717, 1.165) is 32.5 Å². The molecular weight excluding hydrogens is 224 g/mol. The lowest BCUT2D eigenvalue weighted by molar-refractivity contribution is 0.127. The molecule has 0 bridgehead atoms. The number of piperidine rings is 1. The third-order valence-corrected chi connectivity index (χ3v) is 3.83. The van der Waals surface area contributed by atoms with Crippen molar-refractivity contribution in [1.82, 2.24) is 4.90 Å². The Morgan fingerprint density at radius 1 is 1.22 bits per heavy atom. The summed E-state index contributed by atoms with van der Waals surface area (Å²) in [6.07, 6.45) is 2.25. The largest absolute Gasteiger partial charge is 0.396 e. The topological polar surface area (TPSA) is 26.7 Å². The molecule has 0 aromatic heterocycles. The van der Waals surface area contributed by atoms with Gasteiger partial charge in [-0.1, -0.05) is 18.2 Å². The lowest BCUT2D eigenvalue weighted by atomic mass is 9.97. The Morgan fingerprint density at radius 3 is 2.50 bits per heavy atom. The smallest absolute Gasteiger partial charge is 0.0460 e. The average Bonchev–Trinajstić information content (AvgIpc) is 2.40. The summed E-state index contributed by atoms with van der Waals surface area (Å²) in [6, 6.07) is 8.60. The molecule has 1 heterocycles. The van der Waals surface area contributed by atoms with E-state index in [4.69, 9.17) is 5.11 Å². The molecule has 0 saturated carbocycles. The van der Waals surface area contributed by atoms with Crippen molar-refractivity contribution < 1.29 is 5.11 Å². The second kappa shape index (κ2) is 6.21. The molecule has 1 aromatic rings. The van der Waals surface area contributed by atoms with Crippen LogP contribution in [0, 0.1) is 5.92 Å². The molecule has 3 heteroatoms. The Bertz CT molecular complexity index is 371. The van der Waals surface area contributed by atoms with Crippen molar-refractivity contribution in [3.8, 4) is 0 Å². The molecular formula is C15H24N2O. The summed E-state index contributed by atoms with van der Waals surface area (Å²) in [6.45, 7) is 3.58. The summed E-state index contributed by atoms with van der Waals surface area (Å²) in [4.78, 5) is 4.67. The van der Waals surface area contributed by atoms with Crippen molar-refractivity contribution in [1.29, 1.82) is 0 Å². The van der Waals surface area contributed by atoms with Crippen molar-refractivity contribution in [2.24, 2.45) is 5.92 Å². The Balaban J connectivity index is 1.98. The van der Waals surface area contributed by atoms with Gasteiger partial charge in [-0.25, -0.2) is 0 Å². The van der Waals surface area contributed by atoms with Gasteiger partial charge in [-0.2, -0.15) is 0 Å². The van der Waals surface area contributed by atoms with Crippen LogP contribution in [0.25, 0.3) is 0 Å². The number of hydrogen-bond donors (Lipinski definition) is 1. The molecule has 1 N–H and O–H groups in total. The summed E-state index contributed by atoms with van der Waals surface area (Å²) < 4.78 is 0. The Labute approximate surface area is 110 Å². The molecule has 1 aromatic carbocycles. The number of hydrogen-bond acceptors (Lipinski definition) is 3. The number of para-hydroxylation sites is 1. The second-order valence-electron chi connectivity index (χ2n) is 5.43. The van der Waals surface area contributed by atoms with Gasteiger partial charge in [0.25, 0.3) is 0 Å². The van der Waals surface area contributed by atoms with E-state index in [0.29, 0.717) is 12.5 Å². The van der Waals surface area contributed by atoms with Crippen molar-refractivity contribution in [2.75, 3.05) is 38.7 Å². The fraction of sp³-hybridized carbons (Fsp3) is 0.600. The Morgan fingerprint density at radius 2 is 1.89 bits per heavy atom. The minimum absolute atomic E-state index is 0.349. The second-order valence-corrected chi connectivity index (χ2v) is 5.43. The highest BCUT2D eigenvalue weighted by molar-refractivity contribution is 5.52. The van der Waals surface area contributed by atoms with Crippen LogP contribution in [-0.2, 0) is 6.54 Å². The summed E-state index contributed by atoms with van der Waals surface area (Å²) in [5.41, 5.74) is 2.70. The predicted octanol–water partition coefficient (Wildman–Crippen LogP) is 1.96. The Kier molecular flexibility index (Phi) is 4.61. The molecule has 1 fully saturated rings. The average molecular weight is 248 g/mol. The maximum Gasteiger partial charge on any atom is 0.0460 e. The van der Waals surface area contributed by atoms with E-state index in [-0.39, 0.29) is 0 Å². The quantitative estimate of drug-likeness (QED) is 0.882. The van der Waals surface area contributed by atoms with Crippen molar-refractivity contribution in [3.63, 3.8) is 0 Å². The number of rotatable bonds is 4. The van der Waals surface area contributed by atoms with E-state index in [1.165, 1.54) is 11.3 Å². The van der Waals surface area contributed by atoms with E-state index in [1.54, 1.807) is 0 Å². The standard InChI is InChI=1S/C15H24N2O/c1-16(2)15-6-4-3-5-14(15)11-17-9-7-13(12-18)8-10-17/h3-6,13,18H,7-12H2,1-2H3. The van der Waals surface area contributed by atoms with Gasteiger partial charge >= 0.3 is 0 Å². The highest BCUT2D eigenvalue weighted by Gasteiger charge is 2.19. The number of nitrogens with zero attached hydrogens (tertiary/aromatic N) is 2. The summed E-state index contributed by atoms with van der Waals surface area (Å²) in [5, 5.41) is 9.16. The molecule has 0 aliphatic carbocycles. The van der Waals surface area contributed by atoms with E-state index in [2.05, 4.69) is 48.2 Å². The summed E-state index contributed by atoms with van der Waals surface area (Å²) in [5.74, 6) is 0.519. The molecule has 1 saturated heterocycles. The molecule has 3 nitrogen and oxygen atoms in total. The molecule has 1 aliphatic heterocycles. The first-order valence-electron chi connectivity index (χ1n) is 6.79. The first-order chi connectivity index (χ1) is 8.70. The number of likely N-dealkylation sites (tertiary alicyclic amines) is 1. The normalized spacial score (nSPS) is 17.9. The van der Waals surface area contributed by atoms with Crippen LogP contribution in [0.5, 0.6) is 0 Å². The van der Waals surface area contributed by atoms with Crippen molar-refractivity contribution in [2.45, 2.75) is 19.4 Å². The SMILES string of the molecule is CN(C)c1ccccc1CN1CCC(CO)CC1. The highest BCUT2D eigenvalue weighted by Crippen LogP contribution is 2.23. The van der Waals surface area contributed by atoms with Gasteiger partial charge < -0.3 is 10.0 Å². The zero-order valence-corrected chi connectivity index (χ0v) is 11.5. The van der Waals surface area contributed by atoms with Gasteiger partial charge in [-0.05, 0) is 43.5 Å². The van der Waals surface area contributed by atoms with Gasteiger partial charge in [-0.3, -0.25) is 4.90 Å². The summed E-state index contributed by atoms with van der Waals surface area (Å²) in [7, 11) is 4.19. The van der Waals surface area contributed by atoms with Gasteiger partial charge in [0.2, 0.25) is 0 Å². The van der Waals surface area contributed by atoms with Crippen LogP contribution in [0.1, 0.15) is 18.4 Å². The summed E-state index contributed by atoms with van der Waals surface area (Å²) >= 11 is 0. The molecule has 100 valence electrons. The van der Waals surface area contributed by atoms with Crippen LogP contribution in [-0.4, -0.2) is 43.8 Å². The van der Waals surface area contributed by atoms with E-state index in [9.17, 15) is 0 Å². The zero-order valence-electron chi connectivity index (χ0n) is 11.5. The molecule has 0 radical (unpaired) electrons. The zero-order chi connectivity index (χ0) is 13.0. The maximum atomic E-state index is 9.16. The minimum atomic E-state index is 0.349. The van der Waals surface area contributed by atoms with Crippen LogP contribution in [0.2, 0.25) is 0 Å².